The molecular formula is C13H17NO7. The summed E-state index contributed by atoms with van der Waals surface area (Å²) < 4.78 is 10.0. The Kier molecular flexibility index (Phi) is 5.65. The molecule has 1 rings (SSSR count). The lowest BCUT2D eigenvalue weighted by Crippen LogP contribution is -2.00. The number of methoxy groups -OCH3 is 2. The molecule has 8 heteroatoms. The van der Waals surface area contributed by atoms with Crippen molar-refractivity contribution in [2.75, 3.05) is 20.8 Å². The summed E-state index contributed by atoms with van der Waals surface area (Å²) in [5, 5.41) is 29.3. The van der Waals surface area contributed by atoms with E-state index in [1.807, 2.05) is 0 Å². The van der Waals surface area contributed by atoms with Gasteiger partial charge in [0.2, 0.25) is 11.5 Å². The van der Waals surface area contributed by atoms with Gasteiger partial charge in [0.1, 0.15) is 0 Å². The van der Waals surface area contributed by atoms with Gasteiger partial charge in [0.15, 0.2) is 11.5 Å². The van der Waals surface area contributed by atoms with Gasteiger partial charge in [-0.2, -0.15) is 0 Å². The van der Waals surface area contributed by atoms with Crippen LogP contribution in [0, 0.1) is 17.0 Å². The van der Waals surface area contributed by atoms with E-state index in [2.05, 4.69) is 4.84 Å². The highest BCUT2D eigenvalue weighted by atomic mass is 16.9. The molecule has 0 aliphatic heterocycles. The SMILES string of the molecule is COc1c(O)c(C)c(C=CCCO[N+](=O)[O-])c(O)c1OC. The second-order valence-corrected chi connectivity index (χ2v) is 4.05. The third-order valence-electron chi connectivity index (χ3n) is 2.82. The topological polar surface area (TPSA) is 111 Å². The molecular weight excluding hydrogens is 282 g/mol. The van der Waals surface area contributed by atoms with E-state index in [0.29, 0.717) is 11.1 Å². The van der Waals surface area contributed by atoms with E-state index in [4.69, 9.17) is 9.47 Å². The van der Waals surface area contributed by atoms with Crippen molar-refractivity contribution in [2.45, 2.75) is 13.3 Å². The smallest absolute Gasteiger partial charge is 0.294 e. The zero-order valence-corrected chi connectivity index (χ0v) is 12.0. The van der Waals surface area contributed by atoms with Gasteiger partial charge >= 0.3 is 0 Å². The molecule has 0 amide bonds. The Labute approximate surface area is 121 Å². The molecule has 8 nitrogen and oxygen atoms in total. The Balaban J connectivity index is 3.05. The van der Waals surface area contributed by atoms with Crippen molar-refractivity contribution in [3.05, 3.63) is 27.3 Å². The van der Waals surface area contributed by atoms with Crippen LogP contribution in [0.5, 0.6) is 23.0 Å². The number of phenolic OH excluding ortho intramolecular Hbond substituents is 2. The number of ether oxygens (including phenoxy) is 2. The van der Waals surface area contributed by atoms with Crippen LogP contribution in [-0.4, -0.2) is 36.1 Å². The lowest BCUT2D eigenvalue weighted by molar-refractivity contribution is -0.757. The maximum absolute atomic E-state index is 10.1. The molecule has 0 saturated carbocycles. The first-order valence-electron chi connectivity index (χ1n) is 6.04. The van der Waals surface area contributed by atoms with Crippen molar-refractivity contribution >= 4 is 6.08 Å². The summed E-state index contributed by atoms with van der Waals surface area (Å²) in [6.07, 6.45) is 3.38. The standard InChI is InChI=1S/C13H17NO7/c1-8-9(6-4-5-7-21-14(17)18)11(16)13(20-3)12(19-2)10(8)15/h4,6,15-16H,5,7H2,1-3H3. The van der Waals surface area contributed by atoms with Crippen molar-refractivity contribution in [3.8, 4) is 23.0 Å². The predicted octanol–water partition coefficient (Wildman–Crippen LogP) is 2.04. The predicted molar refractivity (Wildman–Crippen MR) is 74.2 cm³/mol. The summed E-state index contributed by atoms with van der Waals surface area (Å²) in [5.74, 6) is -0.271. The normalized spacial score (nSPS) is 10.6. The quantitative estimate of drug-likeness (QED) is 0.343. The van der Waals surface area contributed by atoms with E-state index in [1.165, 1.54) is 20.3 Å². The first-order valence-corrected chi connectivity index (χ1v) is 6.04. The van der Waals surface area contributed by atoms with Crippen molar-refractivity contribution in [3.63, 3.8) is 0 Å². The van der Waals surface area contributed by atoms with Crippen molar-refractivity contribution < 1.29 is 29.6 Å². The maximum Gasteiger partial charge on any atom is 0.294 e. The molecule has 0 aliphatic carbocycles. The van der Waals surface area contributed by atoms with Crippen LogP contribution in [0.25, 0.3) is 6.08 Å². The third-order valence-corrected chi connectivity index (χ3v) is 2.82. The average molecular weight is 299 g/mol. The summed E-state index contributed by atoms with van der Waals surface area (Å²) in [4.78, 5) is 14.2. The largest absolute Gasteiger partial charge is 0.504 e. The number of hydrogen-bond donors (Lipinski definition) is 2. The van der Waals surface area contributed by atoms with Gasteiger partial charge in [-0.1, -0.05) is 12.2 Å². The van der Waals surface area contributed by atoms with Crippen LogP contribution in [0.1, 0.15) is 17.5 Å². The van der Waals surface area contributed by atoms with E-state index in [9.17, 15) is 20.3 Å². The molecule has 21 heavy (non-hydrogen) atoms. The summed E-state index contributed by atoms with van der Waals surface area (Å²) in [7, 11) is 2.69. The lowest BCUT2D eigenvalue weighted by Gasteiger charge is -2.15. The van der Waals surface area contributed by atoms with Crippen molar-refractivity contribution in [1.29, 1.82) is 0 Å². The fourth-order valence-electron chi connectivity index (χ4n) is 1.79. The minimum Gasteiger partial charge on any atom is -0.504 e. The van der Waals surface area contributed by atoms with Crippen LogP contribution in [0.2, 0.25) is 0 Å². The van der Waals surface area contributed by atoms with Crippen molar-refractivity contribution in [1.82, 2.24) is 0 Å². The molecule has 0 spiro atoms. The van der Waals surface area contributed by atoms with Crippen LogP contribution >= 0.6 is 0 Å². The number of aromatic hydroxyl groups is 2. The van der Waals surface area contributed by atoms with Crippen LogP contribution in [0.4, 0.5) is 0 Å². The van der Waals surface area contributed by atoms with E-state index in [-0.39, 0.29) is 36.0 Å². The molecule has 1 aromatic rings. The Morgan fingerprint density at radius 2 is 1.76 bits per heavy atom. The minimum absolute atomic E-state index is 0.0155. The van der Waals surface area contributed by atoms with Crippen LogP contribution in [0.3, 0.4) is 0 Å². The van der Waals surface area contributed by atoms with Gasteiger partial charge in [0.25, 0.3) is 5.09 Å². The van der Waals surface area contributed by atoms with Gasteiger partial charge in [-0.05, 0) is 13.3 Å². The molecule has 0 saturated heterocycles. The van der Waals surface area contributed by atoms with Gasteiger partial charge in [-0.25, -0.2) is 0 Å². The lowest BCUT2D eigenvalue weighted by atomic mass is 10.0. The molecule has 0 heterocycles. The highest BCUT2D eigenvalue weighted by Gasteiger charge is 2.21. The molecule has 0 unspecified atom stereocenters. The summed E-state index contributed by atoms with van der Waals surface area (Å²) >= 11 is 0. The summed E-state index contributed by atoms with van der Waals surface area (Å²) in [5.41, 5.74) is 0.739. The van der Waals surface area contributed by atoms with Crippen LogP contribution < -0.4 is 9.47 Å². The van der Waals surface area contributed by atoms with Gasteiger partial charge in [0.05, 0.1) is 20.8 Å². The van der Waals surface area contributed by atoms with E-state index in [1.54, 1.807) is 13.0 Å². The Morgan fingerprint density at radius 1 is 1.19 bits per heavy atom. The van der Waals surface area contributed by atoms with E-state index >= 15 is 0 Å². The zero-order valence-electron chi connectivity index (χ0n) is 12.0. The van der Waals surface area contributed by atoms with E-state index in [0.717, 1.165) is 0 Å². The molecule has 1 aromatic carbocycles. The fourth-order valence-corrected chi connectivity index (χ4v) is 1.79. The molecule has 0 aromatic heterocycles. The highest BCUT2D eigenvalue weighted by Crippen LogP contribution is 2.48. The number of benzene rings is 1. The average Bonchev–Trinajstić information content (AvgIpc) is 2.45. The van der Waals surface area contributed by atoms with E-state index < -0.39 is 5.09 Å². The molecule has 0 radical (unpaired) electrons. The monoisotopic (exact) mass is 299 g/mol. The van der Waals surface area contributed by atoms with Gasteiger partial charge < -0.3 is 24.5 Å². The summed E-state index contributed by atoms with van der Waals surface area (Å²) in [6, 6.07) is 0. The Bertz CT molecular complexity index is 554. The third kappa shape index (κ3) is 3.68. The van der Waals surface area contributed by atoms with Crippen molar-refractivity contribution in [2.24, 2.45) is 0 Å². The fraction of sp³-hybridized carbons (Fsp3) is 0.385. The van der Waals surface area contributed by atoms with Gasteiger partial charge in [0, 0.05) is 11.1 Å². The molecule has 116 valence electrons. The number of nitrogens with zero attached hydrogens (tertiary/aromatic N) is 1. The summed E-state index contributed by atoms with van der Waals surface area (Å²) in [6.45, 7) is 1.51. The highest BCUT2D eigenvalue weighted by molar-refractivity contribution is 5.74. The molecule has 2 N–H and O–H groups in total. The zero-order chi connectivity index (χ0) is 16.0. The number of rotatable bonds is 7. The Hall–Kier alpha value is -2.64. The first-order chi connectivity index (χ1) is 9.93. The first kappa shape index (κ1) is 16.4. The Morgan fingerprint density at radius 3 is 2.29 bits per heavy atom. The van der Waals surface area contributed by atoms with Gasteiger partial charge in [-0.3, -0.25) is 0 Å². The number of phenols is 2. The van der Waals surface area contributed by atoms with Gasteiger partial charge in [-0.15, -0.1) is 10.1 Å². The molecule has 0 aliphatic rings. The molecule has 0 bridgehead atoms. The van der Waals surface area contributed by atoms with Crippen LogP contribution in [0.15, 0.2) is 6.08 Å². The minimum atomic E-state index is -0.876. The molecule has 0 atom stereocenters. The maximum atomic E-state index is 10.1. The number of hydrogen-bond acceptors (Lipinski definition) is 7. The second-order valence-electron chi connectivity index (χ2n) is 4.05. The second kappa shape index (κ2) is 7.22. The molecule has 0 fully saturated rings. The van der Waals surface area contributed by atoms with Crippen LogP contribution in [-0.2, 0) is 4.84 Å².